The molecule has 1 saturated heterocycles. The summed E-state index contributed by atoms with van der Waals surface area (Å²) >= 11 is 5.84. The number of nitrogens with one attached hydrogen (secondary N) is 1. The molecule has 1 fully saturated rings. The summed E-state index contributed by atoms with van der Waals surface area (Å²) in [5, 5.41) is 7.33. The number of halogens is 1. The number of carbonyl (C=O) groups excluding carboxylic acids is 1. The van der Waals surface area contributed by atoms with E-state index in [-0.39, 0.29) is 11.5 Å². The van der Waals surface area contributed by atoms with Crippen LogP contribution in [-0.2, 0) is 11.8 Å². The quantitative estimate of drug-likeness (QED) is 0.910. The Kier molecular flexibility index (Phi) is 4.82. The first-order chi connectivity index (χ1) is 11.6. The molecule has 1 amide bonds. The van der Waals surface area contributed by atoms with Gasteiger partial charge in [-0.05, 0) is 24.3 Å². The zero-order valence-electron chi connectivity index (χ0n) is 13.2. The average Bonchev–Trinajstić information content (AvgIpc) is 2.60. The third-order valence-corrected chi connectivity index (χ3v) is 4.05. The van der Waals surface area contributed by atoms with Crippen LogP contribution in [0.25, 0.3) is 0 Å². The van der Waals surface area contributed by atoms with Crippen LogP contribution in [0.2, 0.25) is 5.02 Å². The van der Waals surface area contributed by atoms with Crippen LogP contribution in [0.15, 0.2) is 35.3 Å². The lowest BCUT2D eigenvalue weighted by molar-refractivity contribution is 0.102. The largest absolute Gasteiger partial charge is 0.378 e. The minimum Gasteiger partial charge on any atom is -0.378 e. The van der Waals surface area contributed by atoms with Crippen LogP contribution in [0.5, 0.6) is 0 Å². The molecule has 0 radical (unpaired) electrons. The summed E-state index contributed by atoms with van der Waals surface area (Å²) in [4.78, 5) is 26.8. The van der Waals surface area contributed by atoms with E-state index in [1.165, 1.54) is 10.9 Å². The fourth-order valence-corrected chi connectivity index (χ4v) is 2.63. The van der Waals surface area contributed by atoms with E-state index in [1.54, 1.807) is 31.3 Å². The van der Waals surface area contributed by atoms with Gasteiger partial charge in [-0.2, -0.15) is 5.10 Å². The van der Waals surface area contributed by atoms with Gasteiger partial charge in [-0.3, -0.25) is 9.59 Å². The molecule has 1 aromatic heterocycles. The molecule has 1 aromatic carbocycles. The zero-order chi connectivity index (χ0) is 17.1. The number of hydrogen-bond donors (Lipinski definition) is 1. The highest BCUT2D eigenvalue weighted by Crippen LogP contribution is 2.22. The maximum absolute atomic E-state index is 12.5. The summed E-state index contributed by atoms with van der Waals surface area (Å²) in [5.74, 6) is -0.323. The van der Waals surface area contributed by atoms with Crippen molar-refractivity contribution < 1.29 is 9.53 Å². The number of ether oxygens (including phenoxy) is 1. The second-order valence-corrected chi connectivity index (χ2v) is 5.83. The van der Waals surface area contributed by atoms with Gasteiger partial charge in [0.15, 0.2) is 0 Å². The minimum absolute atomic E-state index is 0.259. The summed E-state index contributed by atoms with van der Waals surface area (Å²) in [7, 11) is 1.58. The number of anilines is 2. The molecule has 8 heteroatoms. The summed E-state index contributed by atoms with van der Waals surface area (Å²) in [6.07, 6.45) is 1.49. The van der Waals surface area contributed by atoms with Gasteiger partial charge in [0.25, 0.3) is 11.5 Å². The van der Waals surface area contributed by atoms with Gasteiger partial charge in [0, 0.05) is 30.7 Å². The van der Waals surface area contributed by atoms with Crippen molar-refractivity contribution in [2.45, 2.75) is 0 Å². The van der Waals surface area contributed by atoms with E-state index in [4.69, 9.17) is 16.3 Å². The van der Waals surface area contributed by atoms with Gasteiger partial charge >= 0.3 is 0 Å². The molecule has 1 N–H and O–H groups in total. The van der Waals surface area contributed by atoms with E-state index in [9.17, 15) is 9.59 Å². The van der Waals surface area contributed by atoms with Crippen molar-refractivity contribution in [3.05, 3.63) is 51.4 Å². The van der Waals surface area contributed by atoms with Crippen molar-refractivity contribution in [3.8, 4) is 0 Å². The molecule has 126 valence electrons. The Balaban J connectivity index is 1.92. The molecule has 0 spiro atoms. The maximum atomic E-state index is 12.5. The first-order valence-corrected chi connectivity index (χ1v) is 7.90. The van der Waals surface area contributed by atoms with Crippen LogP contribution in [0.4, 0.5) is 11.4 Å². The molecule has 0 aliphatic carbocycles. The van der Waals surface area contributed by atoms with Crippen LogP contribution in [0.1, 0.15) is 10.4 Å². The highest BCUT2D eigenvalue weighted by atomic mass is 35.5. The van der Waals surface area contributed by atoms with Gasteiger partial charge in [-0.15, -0.1) is 0 Å². The lowest BCUT2D eigenvalue weighted by atomic mass is 10.2. The number of hydrogen-bond acceptors (Lipinski definition) is 5. The van der Waals surface area contributed by atoms with Gasteiger partial charge in [-0.1, -0.05) is 11.6 Å². The molecule has 0 saturated carbocycles. The second kappa shape index (κ2) is 7.02. The van der Waals surface area contributed by atoms with Gasteiger partial charge < -0.3 is 15.0 Å². The van der Waals surface area contributed by atoms with Crippen LogP contribution in [0.3, 0.4) is 0 Å². The highest BCUT2D eigenvalue weighted by Gasteiger charge is 2.21. The number of rotatable bonds is 3. The Bertz CT molecular complexity index is 798. The third-order valence-electron chi connectivity index (χ3n) is 3.79. The summed E-state index contributed by atoms with van der Waals surface area (Å²) < 4.78 is 6.58. The fourth-order valence-electron chi connectivity index (χ4n) is 2.51. The van der Waals surface area contributed by atoms with E-state index in [2.05, 4.69) is 10.4 Å². The molecule has 0 unspecified atom stereocenters. The third kappa shape index (κ3) is 3.42. The average molecular weight is 349 g/mol. The number of benzene rings is 1. The number of carbonyl (C=O) groups is 1. The molecular formula is C16H17ClN4O3. The summed E-state index contributed by atoms with van der Waals surface area (Å²) in [5.41, 5.74) is 1.01. The molecule has 2 aromatic rings. The number of nitrogens with zero attached hydrogens (tertiary/aromatic N) is 3. The topological polar surface area (TPSA) is 76.5 Å². The van der Waals surface area contributed by atoms with Crippen molar-refractivity contribution in [2.24, 2.45) is 7.05 Å². The SMILES string of the molecule is Cn1ncc(NC(=O)c2ccc(Cl)cc2)c(N2CCOCC2)c1=O. The predicted octanol–water partition coefficient (Wildman–Crippen LogP) is 1.52. The fraction of sp³-hybridized carbons (Fsp3) is 0.312. The van der Waals surface area contributed by atoms with E-state index in [0.717, 1.165) is 0 Å². The van der Waals surface area contributed by atoms with Crippen LogP contribution in [-0.4, -0.2) is 42.0 Å². The predicted molar refractivity (Wildman–Crippen MR) is 91.9 cm³/mol. The lowest BCUT2D eigenvalue weighted by Crippen LogP contribution is -2.41. The first kappa shape index (κ1) is 16.5. The van der Waals surface area contributed by atoms with Crippen molar-refractivity contribution in [2.75, 3.05) is 36.5 Å². The number of amides is 1. The van der Waals surface area contributed by atoms with Crippen molar-refractivity contribution in [3.63, 3.8) is 0 Å². The van der Waals surface area contributed by atoms with E-state index >= 15 is 0 Å². The zero-order valence-corrected chi connectivity index (χ0v) is 13.9. The van der Waals surface area contributed by atoms with E-state index in [0.29, 0.717) is 48.3 Å². The normalized spacial score (nSPS) is 14.5. The molecule has 1 aliphatic heterocycles. The van der Waals surface area contributed by atoms with Gasteiger partial charge in [-0.25, -0.2) is 4.68 Å². The Morgan fingerprint density at radius 2 is 1.92 bits per heavy atom. The van der Waals surface area contributed by atoms with Gasteiger partial charge in [0.1, 0.15) is 5.69 Å². The Labute approximate surface area is 143 Å². The molecule has 0 atom stereocenters. The molecule has 3 rings (SSSR count). The summed E-state index contributed by atoms with van der Waals surface area (Å²) in [6.45, 7) is 2.25. The molecule has 24 heavy (non-hydrogen) atoms. The standard InChI is InChI=1S/C16H17ClN4O3/c1-20-16(23)14(21-6-8-24-9-7-21)13(10-18-20)19-15(22)11-2-4-12(17)5-3-11/h2-5,10H,6-9H2,1H3,(H,19,22). The number of aryl methyl sites for hydroxylation is 1. The molecule has 7 nitrogen and oxygen atoms in total. The minimum atomic E-state index is -0.323. The lowest BCUT2D eigenvalue weighted by Gasteiger charge is -2.29. The Morgan fingerprint density at radius 3 is 2.58 bits per heavy atom. The molecule has 0 bridgehead atoms. The van der Waals surface area contributed by atoms with Gasteiger partial charge in [0.05, 0.1) is 25.1 Å². The number of aromatic nitrogens is 2. The van der Waals surface area contributed by atoms with Crippen LogP contribution < -0.4 is 15.8 Å². The van der Waals surface area contributed by atoms with Gasteiger partial charge in [0.2, 0.25) is 0 Å². The first-order valence-electron chi connectivity index (χ1n) is 7.52. The van der Waals surface area contributed by atoms with Crippen LogP contribution >= 0.6 is 11.6 Å². The second-order valence-electron chi connectivity index (χ2n) is 5.40. The van der Waals surface area contributed by atoms with Crippen molar-refractivity contribution in [1.29, 1.82) is 0 Å². The molecule has 1 aliphatic rings. The highest BCUT2D eigenvalue weighted by molar-refractivity contribution is 6.30. The van der Waals surface area contributed by atoms with E-state index in [1.807, 2.05) is 4.90 Å². The molecule has 2 heterocycles. The smallest absolute Gasteiger partial charge is 0.292 e. The van der Waals surface area contributed by atoms with Crippen molar-refractivity contribution >= 4 is 28.9 Å². The maximum Gasteiger partial charge on any atom is 0.292 e. The monoisotopic (exact) mass is 348 g/mol. The van der Waals surface area contributed by atoms with Crippen LogP contribution in [0, 0.1) is 0 Å². The number of morpholine rings is 1. The van der Waals surface area contributed by atoms with Crippen molar-refractivity contribution in [1.82, 2.24) is 9.78 Å². The Morgan fingerprint density at radius 1 is 1.25 bits per heavy atom. The van der Waals surface area contributed by atoms with E-state index < -0.39 is 0 Å². The summed E-state index contributed by atoms with van der Waals surface area (Å²) in [6, 6.07) is 6.53. The molecular weight excluding hydrogens is 332 g/mol. The Hall–Kier alpha value is -2.38.